The molecule has 2 amide bonds. The molecule has 0 N–H and O–H groups in total. The summed E-state index contributed by atoms with van der Waals surface area (Å²) in [6.07, 6.45) is 3.52. The Morgan fingerprint density at radius 3 is 2.59 bits per heavy atom. The summed E-state index contributed by atoms with van der Waals surface area (Å²) in [5.74, 6) is 0.582. The Balaban J connectivity index is 2.05. The molecule has 0 aliphatic carbocycles. The van der Waals surface area contributed by atoms with E-state index < -0.39 is 0 Å². The average Bonchev–Trinajstić information content (AvgIpc) is 2.92. The maximum atomic E-state index is 12.0. The lowest BCUT2D eigenvalue weighted by atomic mass is 10.2. The van der Waals surface area contributed by atoms with Gasteiger partial charge in [0.2, 0.25) is 0 Å². The van der Waals surface area contributed by atoms with Crippen LogP contribution in [-0.2, 0) is 4.79 Å². The molecule has 3 heterocycles. The third-order valence-electron chi connectivity index (χ3n) is 3.62. The van der Waals surface area contributed by atoms with Gasteiger partial charge in [0.05, 0.1) is 4.91 Å². The van der Waals surface area contributed by atoms with Crippen molar-refractivity contribution in [2.24, 2.45) is 0 Å². The number of likely N-dealkylation sites (N-methyl/N-ethyl adjacent to an activating group) is 1. The standard InChI is InChI=1S/C16H15N3O2S/c1-10-8-12(9-13-15(20)18(3)16(21)22-13)11(2)19(10)14-6-4-5-7-17-14/h4-9H,1-3H3/b13-9+. The second-order valence-electron chi connectivity index (χ2n) is 5.09. The van der Waals surface area contributed by atoms with Gasteiger partial charge in [0.1, 0.15) is 5.82 Å². The summed E-state index contributed by atoms with van der Waals surface area (Å²) in [5.41, 5.74) is 2.93. The molecule has 0 radical (unpaired) electrons. The smallest absolute Gasteiger partial charge is 0.293 e. The Hall–Kier alpha value is -2.34. The van der Waals surface area contributed by atoms with Crippen molar-refractivity contribution in [1.82, 2.24) is 14.5 Å². The van der Waals surface area contributed by atoms with Crippen LogP contribution in [0.2, 0.25) is 0 Å². The molecule has 0 aromatic carbocycles. The molecule has 6 heteroatoms. The van der Waals surface area contributed by atoms with Crippen molar-refractivity contribution in [2.45, 2.75) is 13.8 Å². The molecule has 0 bridgehead atoms. The minimum absolute atomic E-state index is 0.241. The predicted octanol–water partition coefficient (Wildman–Crippen LogP) is 3.16. The highest BCUT2D eigenvalue weighted by Crippen LogP contribution is 2.32. The van der Waals surface area contributed by atoms with Crippen molar-refractivity contribution in [3.05, 3.63) is 52.3 Å². The third-order valence-corrected chi connectivity index (χ3v) is 4.58. The van der Waals surface area contributed by atoms with Crippen molar-refractivity contribution in [3.63, 3.8) is 0 Å². The van der Waals surface area contributed by atoms with E-state index in [4.69, 9.17) is 0 Å². The first-order valence-corrected chi connectivity index (χ1v) is 7.62. The number of aryl methyl sites for hydroxylation is 1. The first-order chi connectivity index (χ1) is 10.5. The normalized spacial score (nSPS) is 16.9. The quantitative estimate of drug-likeness (QED) is 0.799. The Morgan fingerprint density at radius 2 is 2.00 bits per heavy atom. The van der Waals surface area contributed by atoms with Gasteiger partial charge in [0.25, 0.3) is 11.1 Å². The molecule has 5 nitrogen and oxygen atoms in total. The number of hydrogen-bond donors (Lipinski definition) is 0. The van der Waals surface area contributed by atoms with E-state index in [1.54, 1.807) is 12.3 Å². The first kappa shape index (κ1) is 14.6. The highest BCUT2D eigenvalue weighted by molar-refractivity contribution is 8.18. The summed E-state index contributed by atoms with van der Waals surface area (Å²) in [4.78, 5) is 29.5. The zero-order chi connectivity index (χ0) is 15.9. The van der Waals surface area contributed by atoms with Crippen LogP contribution in [0.3, 0.4) is 0 Å². The number of amides is 2. The highest BCUT2D eigenvalue weighted by atomic mass is 32.2. The summed E-state index contributed by atoms with van der Waals surface area (Å²) >= 11 is 0.970. The van der Waals surface area contributed by atoms with E-state index in [2.05, 4.69) is 4.98 Å². The zero-order valence-electron chi connectivity index (χ0n) is 12.5. The lowest BCUT2D eigenvalue weighted by Crippen LogP contribution is -2.22. The van der Waals surface area contributed by atoms with Crippen molar-refractivity contribution >= 4 is 29.0 Å². The zero-order valence-corrected chi connectivity index (χ0v) is 13.3. The van der Waals surface area contributed by atoms with E-state index in [1.165, 1.54) is 7.05 Å². The van der Waals surface area contributed by atoms with Crippen molar-refractivity contribution in [2.75, 3.05) is 7.05 Å². The monoisotopic (exact) mass is 313 g/mol. The van der Waals surface area contributed by atoms with Crippen molar-refractivity contribution in [3.8, 4) is 5.82 Å². The molecule has 0 unspecified atom stereocenters. The second-order valence-corrected chi connectivity index (χ2v) is 6.08. The van der Waals surface area contributed by atoms with E-state index in [-0.39, 0.29) is 11.1 Å². The molecule has 2 aromatic rings. The van der Waals surface area contributed by atoms with Gasteiger partial charge in [-0.25, -0.2) is 4.98 Å². The number of carbonyl (C=O) groups excluding carboxylic acids is 2. The molecular weight excluding hydrogens is 298 g/mol. The maximum absolute atomic E-state index is 12.0. The molecule has 1 aliphatic heterocycles. The van der Waals surface area contributed by atoms with Crippen LogP contribution in [-0.4, -0.2) is 32.6 Å². The summed E-state index contributed by atoms with van der Waals surface area (Å²) < 4.78 is 2.03. The van der Waals surface area contributed by atoms with Crippen LogP contribution in [0.4, 0.5) is 4.79 Å². The number of aromatic nitrogens is 2. The van der Waals surface area contributed by atoms with E-state index in [9.17, 15) is 9.59 Å². The minimum Gasteiger partial charge on any atom is -0.303 e. The van der Waals surface area contributed by atoms with Gasteiger partial charge in [-0.3, -0.25) is 14.5 Å². The third kappa shape index (κ3) is 2.35. The van der Waals surface area contributed by atoms with E-state index in [0.29, 0.717) is 4.91 Å². The summed E-state index contributed by atoms with van der Waals surface area (Å²) in [5, 5.41) is -0.241. The number of imide groups is 1. The number of rotatable bonds is 2. The van der Waals surface area contributed by atoms with Gasteiger partial charge in [-0.15, -0.1) is 0 Å². The maximum Gasteiger partial charge on any atom is 0.293 e. The van der Waals surface area contributed by atoms with Gasteiger partial charge in [-0.05, 0) is 55.4 Å². The molecule has 0 spiro atoms. The summed E-state index contributed by atoms with van der Waals surface area (Å²) in [6, 6.07) is 7.73. The molecule has 1 saturated heterocycles. The van der Waals surface area contributed by atoms with Gasteiger partial charge in [0, 0.05) is 24.6 Å². The van der Waals surface area contributed by atoms with Gasteiger partial charge < -0.3 is 4.57 Å². The summed E-state index contributed by atoms with van der Waals surface area (Å²) in [7, 11) is 1.50. The largest absolute Gasteiger partial charge is 0.303 e. The van der Waals surface area contributed by atoms with E-state index in [1.807, 2.05) is 42.7 Å². The molecule has 22 heavy (non-hydrogen) atoms. The minimum atomic E-state index is -0.252. The van der Waals surface area contributed by atoms with Crippen molar-refractivity contribution in [1.29, 1.82) is 0 Å². The molecule has 2 aromatic heterocycles. The molecule has 0 saturated carbocycles. The van der Waals surface area contributed by atoms with Crippen LogP contribution < -0.4 is 0 Å². The number of hydrogen-bond acceptors (Lipinski definition) is 4. The topological polar surface area (TPSA) is 55.2 Å². The molecule has 112 valence electrons. The van der Waals surface area contributed by atoms with Gasteiger partial charge >= 0.3 is 0 Å². The summed E-state index contributed by atoms with van der Waals surface area (Å²) in [6.45, 7) is 3.97. The fourth-order valence-corrected chi connectivity index (χ4v) is 3.28. The van der Waals surface area contributed by atoms with Gasteiger partial charge in [-0.2, -0.15) is 0 Å². The number of thioether (sulfide) groups is 1. The second kappa shape index (κ2) is 5.46. The lowest BCUT2D eigenvalue weighted by Gasteiger charge is -2.07. The number of nitrogens with zero attached hydrogens (tertiary/aromatic N) is 3. The first-order valence-electron chi connectivity index (χ1n) is 6.81. The van der Waals surface area contributed by atoms with Crippen LogP contribution in [0.25, 0.3) is 11.9 Å². The Bertz CT molecular complexity index is 793. The molecular formula is C16H15N3O2S. The fraction of sp³-hybridized carbons (Fsp3) is 0.188. The fourth-order valence-electron chi connectivity index (χ4n) is 2.46. The van der Waals surface area contributed by atoms with Gasteiger partial charge in [-0.1, -0.05) is 6.07 Å². The Morgan fingerprint density at radius 1 is 1.23 bits per heavy atom. The molecule has 1 aliphatic rings. The van der Waals surface area contributed by atoms with Gasteiger partial charge in [0.15, 0.2) is 0 Å². The van der Waals surface area contributed by atoms with Crippen LogP contribution in [0.15, 0.2) is 35.4 Å². The molecule has 1 fully saturated rings. The van der Waals surface area contributed by atoms with Crippen LogP contribution >= 0.6 is 11.8 Å². The van der Waals surface area contributed by atoms with E-state index in [0.717, 1.165) is 39.4 Å². The average molecular weight is 313 g/mol. The Kier molecular flexibility index (Phi) is 3.62. The highest BCUT2D eigenvalue weighted by Gasteiger charge is 2.32. The van der Waals surface area contributed by atoms with Crippen LogP contribution in [0.5, 0.6) is 0 Å². The number of pyridine rings is 1. The van der Waals surface area contributed by atoms with Crippen LogP contribution in [0.1, 0.15) is 17.0 Å². The SMILES string of the molecule is Cc1cc(/C=C2/SC(=O)N(C)C2=O)c(C)n1-c1ccccn1. The molecule has 3 rings (SSSR count). The molecule has 0 atom stereocenters. The number of carbonyl (C=O) groups is 2. The Labute approximate surface area is 132 Å². The van der Waals surface area contributed by atoms with Crippen molar-refractivity contribution < 1.29 is 9.59 Å². The predicted molar refractivity (Wildman–Crippen MR) is 86.8 cm³/mol. The lowest BCUT2D eigenvalue weighted by molar-refractivity contribution is -0.121. The van der Waals surface area contributed by atoms with E-state index >= 15 is 0 Å². The van der Waals surface area contributed by atoms with Crippen LogP contribution in [0, 0.1) is 13.8 Å².